The number of hydrogen-bond donors (Lipinski definition) is 3. The standard InChI is InChI=1S/C13H26N2O3/c1-11(12(16)14-8-9-18-2)15-10-13(17)6-4-3-5-7-13/h11,15,17H,3-10H2,1-2H3,(H,14,16). The maximum absolute atomic E-state index is 11.7. The van der Waals surface area contributed by atoms with Crippen molar-refractivity contribution in [1.82, 2.24) is 10.6 Å². The lowest BCUT2D eigenvalue weighted by molar-refractivity contribution is -0.123. The molecule has 0 aromatic carbocycles. The topological polar surface area (TPSA) is 70.6 Å². The Bertz CT molecular complexity index is 253. The highest BCUT2D eigenvalue weighted by molar-refractivity contribution is 5.81. The van der Waals surface area contributed by atoms with E-state index in [1.54, 1.807) is 7.11 Å². The maximum Gasteiger partial charge on any atom is 0.236 e. The van der Waals surface area contributed by atoms with Crippen molar-refractivity contribution < 1.29 is 14.6 Å². The zero-order valence-electron chi connectivity index (χ0n) is 11.5. The molecule has 106 valence electrons. The molecular formula is C13H26N2O3. The van der Waals surface area contributed by atoms with Crippen molar-refractivity contribution in [2.24, 2.45) is 0 Å². The Labute approximate surface area is 109 Å². The van der Waals surface area contributed by atoms with Gasteiger partial charge in [0.25, 0.3) is 0 Å². The Kier molecular flexibility index (Phi) is 6.60. The summed E-state index contributed by atoms with van der Waals surface area (Å²) < 4.78 is 4.87. The predicted molar refractivity (Wildman–Crippen MR) is 70.4 cm³/mol. The van der Waals surface area contributed by atoms with Gasteiger partial charge in [0, 0.05) is 20.2 Å². The number of amides is 1. The number of carbonyl (C=O) groups is 1. The SMILES string of the molecule is COCCNC(=O)C(C)NCC1(O)CCCCC1. The van der Waals surface area contributed by atoms with Crippen molar-refractivity contribution in [3.63, 3.8) is 0 Å². The second-order valence-corrected chi connectivity index (χ2v) is 5.17. The third-order valence-electron chi connectivity index (χ3n) is 3.52. The molecule has 0 aromatic rings. The summed E-state index contributed by atoms with van der Waals surface area (Å²) >= 11 is 0. The van der Waals surface area contributed by atoms with Crippen LogP contribution in [0.4, 0.5) is 0 Å². The van der Waals surface area contributed by atoms with Crippen LogP contribution in [0.15, 0.2) is 0 Å². The molecule has 1 rings (SSSR count). The summed E-state index contributed by atoms with van der Waals surface area (Å²) in [5.41, 5.74) is -0.626. The molecule has 1 aliphatic carbocycles. The Morgan fingerprint density at radius 2 is 2.06 bits per heavy atom. The minimum Gasteiger partial charge on any atom is -0.389 e. The molecule has 1 aliphatic rings. The molecule has 5 heteroatoms. The van der Waals surface area contributed by atoms with Crippen LogP contribution < -0.4 is 10.6 Å². The van der Waals surface area contributed by atoms with Gasteiger partial charge >= 0.3 is 0 Å². The predicted octanol–water partition coefficient (Wildman–Crippen LogP) is 0.422. The summed E-state index contributed by atoms with van der Waals surface area (Å²) in [5.74, 6) is -0.0496. The van der Waals surface area contributed by atoms with E-state index >= 15 is 0 Å². The van der Waals surface area contributed by atoms with Gasteiger partial charge in [-0.1, -0.05) is 19.3 Å². The molecule has 18 heavy (non-hydrogen) atoms. The Hall–Kier alpha value is -0.650. The normalized spacial score (nSPS) is 20.4. The monoisotopic (exact) mass is 258 g/mol. The smallest absolute Gasteiger partial charge is 0.236 e. The summed E-state index contributed by atoms with van der Waals surface area (Å²) in [6.07, 6.45) is 5.02. The fourth-order valence-electron chi connectivity index (χ4n) is 2.25. The molecule has 1 saturated carbocycles. The summed E-state index contributed by atoms with van der Waals surface area (Å²) in [4.78, 5) is 11.7. The molecule has 0 saturated heterocycles. The largest absolute Gasteiger partial charge is 0.389 e. The highest BCUT2D eigenvalue weighted by Gasteiger charge is 2.29. The van der Waals surface area contributed by atoms with Gasteiger partial charge in [-0.15, -0.1) is 0 Å². The maximum atomic E-state index is 11.7. The number of carbonyl (C=O) groups excluding carboxylic acids is 1. The van der Waals surface area contributed by atoms with E-state index in [2.05, 4.69) is 10.6 Å². The van der Waals surface area contributed by atoms with E-state index in [-0.39, 0.29) is 11.9 Å². The average Bonchev–Trinajstić information content (AvgIpc) is 2.37. The van der Waals surface area contributed by atoms with Crippen LogP contribution in [0.2, 0.25) is 0 Å². The van der Waals surface area contributed by atoms with E-state index in [0.29, 0.717) is 19.7 Å². The Morgan fingerprint density at radius 1 is 1.39 bits per heavy atom. The van der Waals surface area contributed by atoms with Gasteiger partial charge in [0.2, 0.25) is 5.91 Å². The van der Waals surface area contributed by atoms with Gasteiger partial charge < -0.3 is 20.5 Å². The van der Waals surface area contributed by atoms with Gasteiger partial charge in [0.05, 0.1) is 18.2 Å². The molecule has 0 aromatic heterocycles. The number of aliphatic hydroxyl groups is 1. The van der Waals surface area contributed by atoms with E-state index in [4.69, 9.17) is 4.74 Å². The van der Waals surface area contributed by atoms with Gasteiger partial charge in [-0.3, -0.25) is 4.79 Å². The van der Waals surface area contributed by atoms with E-state index < -0.39 is 5.60 Å². The third kappa shape index (κ3) is 5.33. The average molecular weight is 258 g/mol. The molecule has 1 unspecified atom stereocenters. The van der Waals surface area contributed by atoms with Crippen molar-refractivity contribution in [2.75, 3.05) is 26.8 Å². The lowest BCUT2D eigenvalue weighted by Crippen LogP contribution is -2.50. The summed E-state index contributed by atoms with van der Waals surface area (Å²) in [6, 6.07) is -0.284. The van der Waals surface area contributed by atoms with Crippen molar-refractivity contribution >= 4 is 5.91 Å². The Morgan fingerprint density at radius 3 is 2.67 bits per heavy atom. The summed E-state index contributed by atoms with van der Waals surface area (Å²) in [5, 5.41) is 16.2. The lowest BCUT2D eigenvalue weighted by Gasteiger charge is -2.33. The summed E-state index contributed by atoms with van der Waals surface area (Å²) in [6.45, 7) is 3.34. The van der Waals surface area contributed by atoms with Crippen molar-refractivity contribution in [3.8, 4) is 0 Å². The van der Waals surface area contributed by atoms with Gasteiger partial charge in [-0.2, -0.15) is 0 Å². The molecule has 1 fully saturated rings. The molecule has 3 N–H and O–H groups in total. The van der Waals surface area contributed by atoms with E-state index in [0.717, 1.165) is 25.7 Å². The number of nitrogens with one attached hydrogen (secondary N) is 2. The van der Waals surface area contributed by atoms with Crippen LogP contribution in [0, 0.1) is 0 Å². The molecule has 1 atom stereocenters. The highest BCUT2D eigenvalue weighted by atomic mass is 16.5. The van der Waals surface area contributed by atoms with Gasteiger partial charge in [0.15, 0.2) is 0 Å². The number of hydrogen-bond acceptors (Lipinski definition) is 4. The van der Waals surface area contributed by atoms with Crippen LogP contribution in [-0.4, -0.2) is 49.5 Å². The Balaban J connectivity index is 2.22. The summed E-state index contributed by atoms with van der Waals surface area (Å²) in [7, 11) is 1.60. The molecule has 0 heterocycles. The first-order valence-corrected chi connectivity index (χ1v) is 6.80. The highest BCUT2D eigenvalue weighted by Crippen LogP contribution is 2.27. The zero-order chi connectivity index (χ0) is 13.4. The lowest BCUT2D eigenvalue weighted by atomic mass is 9.85. The molecule has 0 radical (unpaired) electrons. The van der Waals surface area contributed by atoms with Gasteiger partial charge in [-0.25, -0.2) is 0 Å². The number of ether oxygens (including phenoxy) is 1. The van der Waals surface area contributed by atoms with Crippen molar-refractivity contribution in [3.05, 3.63) is 0 Å². The van der Waals surface area contributed by atoms with Gasteiger partial charge in [0.1, 0.15) is 0 Å². The van der Waals surface area contributed by atoms with Crippen LogP contribution in [0.5, 0.6) is 0 Å². The zero-order valence-corrected chi connectivity index (χ0v) is 11.5. The third-order valence-corrected chi connectivity index (χ3v) is 3.52. The fraction of sp³-hybridized carbons (Fsp3) is 0.923. The van der Waals surface area contributed by atoms with Crippen LogP contribution in [-0.2, 0) is 9.53 Å². The first-order valence-electron chi connectivity index (χ1n) is 6.80. The molecule has 5 nitrogen and oxygen atoms in total. The molecule has 1 amide bonds. The molecule has 0 spiro atoms. The quantitative estimate of drug-likeness (QED) is 0.579. The second kappa shape index (κ2) is 7.71. The van der Waals surface area contributed by atoms with Crippen LogP contribution >= 0.6 is 0 Å². The number of rotatable bonds is 7. The minimum atomic E-state index is -0.626. The van der Waals surface area contributed by atoms with Crippen LogP contribution in [0.3, 0.4) is 0 Å². The first-order chi connectivity index (χ1) is 8.57. The fourth-order valence-corrected chi connectivity index (χ4v) is 2.25. The molecular weight excluding hydrogens is 232 g/mol. The van der Waals surface area contributed by atoms with E-state index in [1.165, 1.54) is 6.42 Å². The van der Waals surface area contributed by atoms with Crippen molar-refractivity contribution in [1.29, 1.82) is 0 Å². The van der Waals surface area contributed by atoms with E-state index in [1.807, 2.05) is 6.92 Å². The van der Waals surface area contributed by atoms with E-state index in [9.17, 15) is 9.90 Å². The van der Waals surface area contributed by atoms with Gasteiger partial charge in [-0.05, 0) is 19.8 Å². The second-order valence-electron chi connectivity index (χ2n) is 5.17. The van der Waals surface area contributed by atoms with Crippen LogP contribution in [0.25, 0.3) is 0 Å². The van der Waals surface area contributed by atoms with Crippen molar-refractivity contribution in [2.45, 2.75) is 50.7 Å². The molecule has 0 bridgehead atoms. The number of methoxy groups -OCH3 is 1. The van der Waals surface area contributed by atoms with Crippen LogP contribution in [0.1, 0.15) is 39.0 Å². The first kappa shape index (κ1) is 15.4. The minimum absolute atomic E-state index is 0.0496. The molecule has 0 aliphatic heterocycles.